The highest BCUT2D eigenvalue weighted by molar-refractivity contribution is 6.30. The van der Waals surface area contributed by atoms with Gasteiger partial charge in [-0.1, -0.05) is 30.3 Å². The first kappa shape index (κ1) is 12.9. The van der Waals surface area contributed by atoms with Crippen molar-refractivity contribution in [2.75, 3.05) is 6.61 Å². The van der Waals surface area contributed by atoms with Crippen molar-refractivity contribution in [3.63, 3.8) is 0 Å². The third-order valence-electron chi connectivity index (χ3n) is 2.81. The van der Waals surface area contributed by atoms with E-state index in [-0.39, 0.29) is 5.78 Å². The summed E-state index contributed by atoms with van der Waals surface area (Å²) in [6.45, 7) is 4.46. The van der Waals surface area contributed by atoms with Gasteiger partial charge in [-0.3, -0.25) is 4.79 Å². The van der Waals surface area contributed by atoms with Gasteiger partial charge in [0.25, 0.3) is 0 Å². The fourth-order valence-corrected chi connectivity index (χ4v) is 1.94. The van der Waals surface area contributed by atoms with E-state index < -0.39 is 0 Å². The van der Waals surface area contributed by atoms with Crippen molar-refractivity contribution in [3.8, 4) is 0 Å². The van der Waals surface area contributed by atoms with Crippen molar-refractivity contribution in [2.24, 2.45) is 0 Å². The van der Waals surface area contributed by atoms with Crippen LogP contribution in [-0.2, 0) is 16.0 Å². The second kappa shape index (κ2) is 5.87. The second-order valence-corrected chi connectivity index (χ2v) is 4.73. The molecular formula is C15H15ClO2. The van der Waals surface area contributed by atoms with Gasteiger partial charge in [-0.25, -0.2) is 0 Å². The Balaban J connectivity index is 2.01. The Morgan fingerprint density at radius 3 is 2.67 bits per heavy atom. The first-order chi connectivity index (χ1) is 8.66. The molecule has 0 amide bonds. The highest BCUT2D eigenvalue weighted by Crippen LogP contribution is 2.18. The molecule has 0 atom stereocenters. The molecule has 2 rings (SSSR count). The number of allylic oxidation sites excluding steroid dienone is 2. The molecule has 0 N–H and O–H groups in total. The number of Topliss-reactive ketones (excluding diaryl/α,β-unsaturated/α-hetero) is 1. The molecule has 0 saturated carbocycles. The Morgan fingerprint density at radius 1 is 1.33 bits per heavy atom. The summed E-state index contributed by atoms with van der Waals surface area (Å²) in [5, 5.41) is 0.689. The molecule has 94 valence electrons. The molecule has 2 nitrogen and oxygen atoms in total. The topological polar surface area (TPSA) is 26.3 Å². The largest absolute Gasteiger partial charge is 0.490 e. The third kappa shape index (κ3) is 3.23. The maximum Gasteiger partial charge on any atom is 0.222 e. The van der Waals surface area contributed by atoms with Crippen LogP contribution in [0.4, 0.5) is 0 Å². The molecule has 0 bridgehead atoms. The standard InChI is InChI=1S/C15H15ClO2/c1-11(10-12-5-7-13(16)8-6-12)15(17)14-4-2-3-9-18-14/h4-8H,1-3,9-10H2. The minimum absolute atomic E-state index is 0.0929. The van der Waals surface area contributed by atoms with Gasteiger partial charge in [-0.05, 0) is 36.6 Å². The van der Waals surface area contributed by atoms with Crippen molar-refractivity contribution in [1.82, 2.24) is 0 Å². The second-order valence-electron chi connectivity index (χ2n) is 4.29. The Morgan fingerprint density at radius 2 is 2.06 bits per heavy atom. The Hall–Kier alpha value is -1.54. The number of carbonyl (C=O) groups excluding carboxylic acids is 1. The number of ketones is 1. The summed E-state index contributed by atoms with van der Waals surface area (Å²) >= 11 is 5.81. The number of ether oxygens (including phenoxy) is 1. The van der Waals surface area contributed by atoms with E-state index in [2.05, 4.69) is 6.58 Å². The van der Waals surface area contributed by atoms with Crippen LogP contribution in [0.1, 0.15) is 18.4 Å². The predicted molar refractivity (Wildman–Crippen MR) is 72.6 cm³/mol. The van der Waals surface area contributed by atoms with E-state index >= 15 is 0 Å². The minimum atomic E-state index is -0.0929. The summed E-state index contributed by atoms with van der Waals surface area (Å²) in [7, 11) is 0. The molecule has 1 aromatic carbocycles. The van der Waals surface area contributed by atoms with Gasteiger partial charge in [-0.2, -0.15) is 0 Å². The molecule has 0 unspecified atom stereocenters. The van der Waals surface area contributed by atoms with Gasteiger partial charge in [0.05, 0.1) is 6.61 Å². The molecule has 0 spiro atoms. The number of hydrogen-bond acceptors (Lipinski definition) is 2. The lowest BCUT2D eigenvalue weighted by Gasteiger charge is -2.14. The summed E-state index contributed by atoms with van der Waals surface area (Å²) in [6, 6.07) is 7.42. The molecule has 0 fully saturated rings. The highest BCUT2D eigenvalue weighted by atomic mass is 35.5. The molecule has 3 heteroatoms. The van der Waals surface area contributed by atoms with Crippen LogP contribution in [0.3, 0.4) is 0 Å². The number of hydrogen-bond donors (Lipinski definition) is 0. The van der Waals surface area contributed by atoms with E-state index in [0.717, 1.165) is 18.4 Å². The third-order valence-corrected chi connectivity index (χ3v) is 3.06. The fourth-order valence-electron chi connectivity index (χ4n) is 1.82. The summed E-state index contributed by atoms with van der Waals surface area (Å²) in [6.07, 6.45) is 4.24. The van der Waals surface area contributed by atoms with Gasteiger partial charge in [-0.15, -0.1) is 0 Å². The minimum Gasteiger partial charge on any atom is -0.490 e. The quantitative estimate of drug-likeness (QED) is 0.774. The van der Waals surface area contributed by atoms with E-state index in [1.54, 1.807) is 0 Å². The van der Waals surface area contributed by atoms with Crippen LogP contribution in [0.5, 0.6) is 0 Å². The van der Waals surface area contributed by atoms with Crippen LogP contribution in [0.25, 0.3) is 0 Å². The van der Waals surface area contributed by atoms with Gasteiger partial charge in [0.1, 0.15) is 0 Å². The summed E-state index contributed by atoms with van der Waals surface area (Å²) in [4.78, 5) is 12.1. The lowest BCUT2D eigenvalue weighted by molar-refractivity contribution is -0.115. The predicted octanol–water partition coefficient (Wildman–Crippen LogP) is 3.70. The van der Waals surface area contributed by atoms with E-state index in [1.165, 1.54) is 0 Å². The number of carbonyl (C=O) groups is 1. The van der Waals surface area contributed by atoms with Crippen molar-refractivity contribution in [1.29, 1.82) is 0 Å². The average Bonchev–Trinajstić information content (AvgIpc) is 2.41. The zero-order valence-electron chi connectivity index (χ0n) is 10.1. The fraction of sp³-hybridized carbons (Fsp3) is 0.267. The highest BCUT2D eigenvalue weighted by Gasteiger charge is 2.17. The van der Waals surface area contributed by atoms with E-state index in [9.17, 15) is 4.79 Å². The van der Waals surface area contributed by atoms with E-state index in [1.807, 2.05) is 30.3 Å². The van der Waals surface area contributed by atoms with Crippen molar-refractivity contribution < 1.29 is 9.53 Å². The summed E-state index contributed by atoms with van der Waals surface area (Å²) in [5.74, 6) is 0.352. The molecular weight excluding hydrogens is 248 g/mol. The number of rotatable bonds is 4. The molecule has 0 aromatic heterocycles. The van der Waals surface area contributed by atoms with E-state index in [0.29, 0.717) is 29.4 Å². The molecule has 1 aromatic rings. The molecule has 1 heterocycles. The van der Waals surface area contributed by atoms with Crippen LogP contribution >= 0.6 is 11.6 Å². The maximum absolute atomic E-state index is 12.1. The van der Waals surface area contributed by atoms with Gasteiger partial charge in [0, 0.05) is 17.0 Å². The molecule has 1 aliphatic rings. The van der Waals surface area contributed by atoms with Crippen LogP contribution in [0.15, 0.2) is 48.3 Å². The van der Waals surface area contributed by atoms with Gasteiger partial charge in [0.15, 0.2) is 5.76 Å². The average molecular weight is 263 g/mol. The lowest BCUT2D eigenvalue weighted by Crippen LogP contribution is -2.13. The Labute approximate surface area is 112 Å². The summed E-state index contributed by atoms with van der Waals surface area (Å²) in [5.41, 5.74) is 1.57. The normalized spacial score (nSPS) is 14.6. The van der Waals surface area contributed by atoms with Crippen molar-refractivity contribution >= 4 is 17.4 Å². The van der Waals surface area contributed by atoms with Crippen LogP contribution in [-0.4, -0.2) is 12.4 Å². The Bertz CT molecular complexity index is 486. The van der Waals surface area contributed by atoms with Crippen LogP contribution in [0, 0.1) is 0 Å². The smallest absolute Gasteiger partial charge is 0.222 e. The van der Waals surface area contributed by atoms with Gasteiger partial charge < -0.3 is 4.74 Å². The number of benzene rings is 1. The molecule has 0 saturated heterocycles. The molecule has 1 aliphatic heterocycles. The molecule has 0 aliphatic carbocycles. The zero-order valence-corrected chi connectivity index (χ0v) is 10.9. The van der Waals surface area contributed by atoms with Crippen molar-refractivity contribution in [2.45, 2.75) is 19.3 Å². The Kier molecular flexibility index (Phi) is 4.21. The number of halogens is 1. The van der Waals surface area contributed by atoms with Crippen LogP contribution < -0.4 is 0 Å². The molecule has 18 heavy (non-hydrogen) atoms. The monoisotopic (exact) mass is 262 g/mol. The van der Waals surface area contributed by atoms with Crippen LogP contribution in [0.2, 0.25) is 5.02 Å². The maximum atomic E-state index is 12.1. The first-order valence-electron chi connectivity index (χ1n) is 5.96. The van der Waals surface area contributed by atoms with Crippen molar-refractivity contribution in [3.05, 3.63) is 58.8 Å². The van der Waals surface area contributed by atoms with E-state index in [4.69, 9.17) is 16.3 Å². The first-order valence-corrected chi connectivity index (χ1v) is 6.34. The zero-order chi connectivity index (χ0) is 13.0. The summed E-state index contributed by atoms with van der Waals surface area (Å²) < 4.78 is 5.35. The molecule has 0 radical (unpaired) electrons. The SMILES string of the molecule is C=C(Cc1ccc(Cl)cc1)C(=O)C1=CCCCO1. The lowest BCUT2D eigenvalue weighted by atomic mass is 10.0. The van der Waals surface area contributed by atoms with Gasteiger partial charge >= 0.3 is 0 Å². The van der Waals surface area contributed by atoms with Gasteiger partial charge in [0.2, 0.25) is 5.78 Å².